The molecule has 0 aliphatic heterocycles. The number of carbonyl (C=O) groups excluding carboxylic acids is 2. The number of esters is 1. The van der Waals surface area contributed by atoms with E-state index < -0.39 is 11.5 Å². The van der Waals surface area contributed by atoms with Gasteiger partial charge in [0.25, 0.3) is 5.56 Å². The van der Waals surface area contributed by atoms with Crippen LogP contribution < -0.4 is 10.9 Å². The molecule has 3 rings (SSSR count). The Labute approximate surface area is 167 Å². The molecule has 0 atom stereocenters. The predicted octanol–water partition coefficient (Wildman–Crippen LogP) is 3.06. The molecule has 0 aliphatic carbocycles. The van der Waals surface area contributed by atoms with Crippen molar-refractivity contribution in [3.05, 3.63) is 70.3 Å². The van der Waals surface area contributed by atoms with Crippen molar-refractivity contribution in [2.75, 3.05) is 12.4 Å². The number of nitrogens with one attached hydrogen (secondary N) is 1. The summed E-state index contributed by atoms with van der Waals surface area (Å²) < 4.78 is 5.99. The van der Waals surface area contributed by atoms with E-state index in [1.54, 1.807) is 6.92 Å². The Bertz CT molecular complexity index is 1120. The van der Waals surface area contributed by atoms with E-state index in [-0.39, 0.29) is 22.6 Å². The highest BCUT2D eigenvalue weighted by Crippen LogP contribution is 2.27. The zero-order chi connectivity index (χ0) is 21.0. The van der Waals surface area contributed by atoms with Gasteiger partial charge in [-0.3, -0.25) is 14.6 Å². The lowest BCUT2D eigenvalue weighted by Gasteiger charge is -2.16. The second kappa shape index (κ2) is 8.47. The summed E-state index contributed by atoms with van der Waals surface area (Å²) in [5, 5.41) is 7.36. The van der Waals surface area contributed by atoms with Gasteiger partial charge in [0.05, 0.1) is 30.1 Å². The lowest BCUT2D eigenvalue weighted by atomic mass is 10.0. The number of pyridine rings is 1. The fourth-order valence-electron chi connectivity index (χ4n) is 2.92. The highest BCUT2D eigenvalue weighted by Gasteiger charge is 2.22. The van der Waals surface area contributed by atoms with E-state index in [0.717, 1.165) is 0 Å². The molecule has 0 spiro atoms. The monoisotopic (exact) mass is 392 g/mol. The summed E-state index contributed by atoms with van der Waals surface area (Å²) in [6, 6.07) is 10.7. The van der Waals surface area contributed by atoms with Crippen LogP contribution in [0.1, 0.15) is 34.6 Å². The Morgan fingerprint density at radius 1 is 1.17 bits per heavy atom. The topological polar surface area (TPSA) is 103 Å². The SMILES string of the molecule is CCn1nc(-c2ccccc2)c(C(C)=O)c(Nc2cncc(C(=O)OC)c2)c1=O. The standard InChI is InChI=1S/C21H20N4O4/c1-4-25-20(27)19(23-16-10-15(11-22-12-16)21(28)29-3)17(13(2)26)18(24-25)14-8-6-5-7-9-14/h5-12,23H,4H2,1-3H3. The van der Waals surface area contributed by atoms with E-state index in [1.165, 1.54) is 37.2 Å². The minimum absolute atomic E-state index is 0.0806. The van der Waals surface area contributed by atoms with E-state index in [2.05, 4.69) is 15.4 Å². The Balaban J connectivity index is 2.21. The smallest absolute Gasteiger partial charge is 0.339 e. The Morgan fingerprint density at radius 2 is 1.90 bits per heavy atom. The first kappa shape index (κ1) is 19.9. The molecule has 0 unspecified atom stereocenters. The van der Waals surface area contributed by atoms with E-state index in [1.807, 2.05) is 30.3 Å². The molecule has 0 aliphatic rings. The molecule has 29 heavy (non-hydrogen) atoms. The molecule has 1 N–H and O–H groups in total. The number of benzene rings is 1. The van der Waals surface area contributed by atoms with Crippen LogP contribution in [0.15, 0.2) is 53.6 Å². The number of carbonyl (C=O) groups is 2. The van der Waals surface area contributed by atoms with Crippen molar-refractivity contribution in [1.29, 1.82) is 0 Å². The van der Waals surface area contributed by atoms with Crippen LogP contribution in [-0.2, 0) is 11.3 Å². The molecule has 3 aromatic rings. The first-order valence-corrected chi connectivity index (χ1v) is 8.98. The van der Waals surface area contributed by atoms with Crippen molar-refractivity contribution >= 4 is 23.1 Å². The average molecular weight is 392 g/mol. The summed E-state index contributed by atoms with van der Waals surface area (Å²) in [7, 11) is 1.27. The van der Waals surface area contributed by atoms with Gasteiger partial charge in [0.15, 0.2) is 5.78 Å². The van der Waals surface area contributed by atoms with Crippen LogP contribution >= 0.6 is 0 Å². The summed E-state index contributed by atoms with van der Waals surface area (Å²) >= 11 is 0. The number of Topliss-reactive ketones (excluding diaryl/α,β-unsaturated/α-hetero) is 1. The van der Waals surface area contributed by atoms with E-state index in [0.29, 0.717) is 23.5 Å². The van der Waals surface area contributed by atoms with Crippen molar-refractivity contribution in [2.24, 2.45) is 0 Å². The highest BCUT2D eigenvalue weighted by molar-refractivity contribution is 6.05. The van der Waals surface area contributed by atoms with Crippen LogP contribution in [-0.4, -0.2) is 33.6 Å². The molecular weight excluding hydrogens is 372 g/mol. The zero-order valence-corrected chi connectivity index (χ0v) is 16.3. The van der Waals surface area contributed by atoms with Gasteiger partial charge in [-0.25, -0.2) is 9.48 Å². The molecule has 8 heteroatoms. The van der Waals surface area contributed by atoms with Gasteiger partial charge in [-0.1, -0.05) is 30.3 Å². The molecule has 148 valence electrons. The second-order valence-corrected chi connectivity index (χ2v) is 6.22. The number of aryl methyl sites for hydroxylation is 1. The molecule has 0 radical (unpaired) electrons. The zero-order valence-electron chi connectivity index (χ0n) is 16.3. The molecule has 8 nitrogen and oxygen atoms in total. The fraction of sp³-hybridized carbons (Fsp3) is 0.190. The fourth-order valence-corrected chi connectivity index (χ4v) is 2.92. The lowest BCUT2D eigenvalue weighted by molar-refractivity contribution is 0.0600. The van der Waals surface area contributed by atoms with Gasteiger partial charge in [0, 0.05) is 18.3 Å². The van der Waals surface area contributed by atoms with Gasteiger partial charge in [0.1, 0.15) is 11.4 Å². The van der Waals surface area contributed by atoms with Gasteiger partial charge in [-0.2, -0.15) is 5.10 Å². The number of ketones is 1. The summed E-state index contributed by atoms with van der Waals surface area (Å²) in [6.45, 7) is 3.50. The van der Waals surface area contributed by atoms with Gasteiger partial charge in [-0.05, 0) is 19.9 Å². The van der Waals surface area contributed by atoms with Crippen LogP contribution in [0.5, 0.6) is 0 Å². The number of anilines is 2. The number of hydrogen-bond acceptors (Lipinski definition) is 7. The molecule has 0 saturated heterocycles. The first-order chi connectivity index (χ1) is 14.0. The van der Waals surface area contributed by atoms with Crippen molar-refractivity contribution in [1.82, 2.24) is 14.8 Å². The molecule has 1 aromatic carbocycles. The molecule has 0 amide bonds. The van der Waals surface area contributed by atoms with Crippen molar-refractivity contribution < 1.29 is 14.3 Å². The van der Waals surface area contributed by atoms with Gasteiger partial charge >= 0.3 is 5.97 Å². The number of nitrogens with zero attached hydrogens (tertiary/aromatic N) is 3. The van der Waals surface area contributed by atoms with Gasteiger partial charge in [0.2, 0.25) is 0 Å². The maximum absolute atomic E-state index is 13.0. The average Bonchev–Trinajstić information content (AvgIpc) is 2.74. The summed E-state index contributed by atoms with van der Waals surface area (Å²) in [6.07, 6.45) is 2.81. The summed E-state index contributed by atoms with van der Waals surface area (Å²) in [5.74, 6) is -0.866. The third kappa shape index (κ3) is 4.06. The van der Waals surface area contributed by atoms with Crippen LogP contribution in [0, 0.1) is 0 Å². The van der Waals surface area contributed by atoms with E-state index >= 15 is 0 Å². The largest absolute Gasteiger partial charge is 0.465 e. The van der Waals surface area contributed by atoms with Gasteiger partial charge < -0.3 is 10.1 Å². The predicted molar refractivity (Wildman–Crippen MR) is 108 cm³/mol. The molecule has 0 fully saturated rings. The van der Waals surface area contributed by atoms with Crippen LogP contribution in [0.2, 0.25) is 0 Å². The van der Waals surface area contributed by atoms with Crippen LogP contribution in [0.4, 0.5) is 11.4 Å². The lowest BCUT2D eigenvalue weighted by Crippen LogP contribution is -2.28. The summed E-state index contributed by atoms with van der Waals surface area (Å²) in [5.41, 5.74) is 1.52. The highest BCUT2D eigenvalue weighted by atomic mass is 16.5. The minimum atomic E-state index is -0.557. The number of rotatable bonds is 6. The van der Waals surface area contributed by atoms with Crippen molar-refractivity contribution in [2.45, 2.75) is 20.4 Å². The normalized spacial score (nSPS) is 10.4. The number of methoxy groups -OCH3 is 1. The third-order valence-electron chi connectivity index (χ3n) is 4.28. The maximum Gasteiger partial charge on any atom is 0.339 e. The van der Waals surface area contributed by atoms with E-state index in [9.17, 15) is 14.4 Å². The van der Waals surface area contributed by atoms with Crippen LogP contribution in [0.25, 0.3) is 11.3 Å². The Morgan fingerprint density at radius 3 is 2.52 bits per heavy atom. The molecule has 0 bridgehead atoms. The maximum atomic E-state index is 13.0. The molecular formula is C21H20N4O4. The quantitative estimate of drug-likeness (QED) is 0.508. The Kier molecular flexibility index (Phi) is 5.82. The first-order valence-electron chi connectivity index (χ1n) is 8.98. The number of ether oxygens (including phenoxy) is 1. The summed E-state index contributed by atoms with van der Waals surface area (Å²) in [4.78, 5) is 41.3. The number of hydrogen-bond donors (Lipinski definition) is 1. The van der Waals surface area contributed by atoms with Crippen molar-refractivity contribution in [3.8, 4) is 11.3 Å². The third-order valence-corrected chi connectivity index (χ3v) is 4.28. The molecule has 2 aromatic heterocycles. The van der Waals surface area contributed by atoms with Crippen molar-refractivity contribution in [3.63, 3.8) is 0 Å². The Hall–Kier alpha value is -3.81. The van der Waals surface area contributed by atoms with Crippen LogP contribution in [0.3, 0.4) is 0 Å². The minimum Gasteiger partial charge on any atom is -0.465 e. The molecule has 0 saturated carbocycles. The van der Waals surface area contributed by atoms with E-state index in [4.69, 9.17) is 4.74 Å². The second-order valence-electron chi connectivity index (χ2n) is 6.22. The number of aromatic nitrogens is 3. The molecule has 2 heterocycles. The van der Waals surface area contributed by atoms with Gasteiger partial charge in [-0.15, -0.1) is 0 Å².